The lowest BCUT2D eigenvalue weighted by Crippen LogP contribution is -2.35. The van der Waals surface area contributed by atoms with Crippen LogP contribution in [0.25, 0.3) is 0 Å². The Bertz CT molecular complexity index is 1290. The van der Waals surface area contributed by atoms with Gasteiger partial charge in [-0.15, -0.1) is 0 Å². The molecule has 0 aliphatic carbocycles. The lowest BCUT2D eigenvalue weighted by molar-refractivity contribution is 0.0984. The third-order valence-electron chi connectivity index (χ3n) is 5.28. The SMILES string of the molecule is O=C(Cc1ccc2c(c1)N(S(=O)(=O)c1ccc(Cl)cc1)CCC2)c1c(F)cc(F)cc1F. The Morgan fingerprint density at radius 1 is 0.969 bits per heavy atom. The zero-order chi connectivity index (χ0) is 23.0. The summed E-state index contributed by atoms with van der Waals surface area (Å²) < 4.78 is 68.8. The summed E-state index contributed by atoms with van der Waals surface area (Å²) in [7, 11) is -3.88. The number of hydrogen-bond acceptors (Lipinski definition) is 3. The molecule has 9 heteroatoms. The number of fused-ring (bicyclic) bond motifs is 1. The summed E-state index contributed by atoms with van der Waals surface area (Å²) in [5.41, 5.74) is 0.755. The molecule has 166 valence electrons. The highest BCUT2D eigenvalue weighted by Gasteiger charge is 2.29. The zero-order valence-corrected chi connectivity index (χ0v) is 18.2. The van der Waals surface area contributed by atoms with Gasteiger partial charge in [-0.3, -0.25) is 9.10 Å². The van der Waals surface area contributed by atoms with E-state index < -0.39 is 38.8 Å². The van der Waals surface area contributed by atoms with Crippen LogP contribution in [0.3, 0.4) is 0 Å². The van der Waals surface area contributed by atoms with Crippen LogP contribution in [0.4, 0.5) is 18.9 Å². The molecule has 1 aliphatic heterocycles. The zero-order valence-electron chi connectivity index (χ0n) is 16.6. The van der Waals surface area contributed by atoms with E-state index in [-0.39, 0.29) is 17.9 Å². The molecule has 0 fully saturated rings. The number of hydrogen-bond donors (Lipinski definition) is 0. The molecule has 0 bridgehead atoms. The summed E-state index contributed by atoms with van der Waals surface area (Å²) in [5.74, 6) is -4.55. The van der Waals surface area contributed by atoms with Gasteiger partial charge in [0.15, 0.2) is 5.78 Å². The largest absolute Gasteiger partial charge is 0.294 e. The van der Waals surface area contributed by atoms with Gasteiger partial charge < -0.3 is 0 Å². The van der Waals surface area contributed by atoms with Crippen molar-refractivity contribution in [1.29, 1.82) is 0 Å². The van der Waals surface area contributed by atoms with E-state index in [0.29, 0.717) is 41.2 Å². The van der Waals surface area contributed by atoms with Gasteiger partial charge in [-0.25, -0.2) is 21.6 Å². The van der Waals surface area contributed by atoms with E-state index in [1.165, 1.54) is 28.6 Å². The smallest absolute Gasteiger partial charge is 0.264 e. The Hall–Kier alpha value is -2.84. The molecule has 1 heterocycles. The van der Waals surface area contributed by atoms with E-state index in [1.54, 1.807) is 18.2 Å². The van der Waals surface area contributed by atoms with E-state index in [2.05, 4.69) is 0 Å². The van der Waals surface area contributed by atoms with E-state index >= 15 is 0 Å². The van der Waals surface area contributed by atoms with Crippen molar-refractivity contribution in [2.45, 2.75) is 24.2 Å². The Morgan fingerprint density at radius 2 is 1.62 bits per heavy atom. The molecule has 0 atom stereocenters. The highest BCUT2D eigenvalue weighted by molar-refractivity contribution is 7.92. The van der Waals surface area contributed by atoms with Crippen molar-refractivity contribution in [3.63, 3.8) is 0 Å². The predicted octanol–water partition coefficient (Wildman–Crippen LogP) is 5.32. The average Bonchev–Trinajstić information content (AvgIpc) is 2.72. The van der Waals surface area contributed by atoms with Crippen molar-refractivity contribution in [2.75, 3.05) is 10.8 Å². The molecule has 4 nitrogen and oxygen atoms in total. The van der Waals surface area contributed by atoms with Crippen LogP contribution in [0, 0.1) is 17.5 Å². The number of Topliss-reactive ketones (excluding diaryl/α,β-unsaturated/α-hetero) is 1. The van der Waals surface area contributed by atoms with E-state index in [9.17, 15) is 26.4 Å². The molecule has 3 aromatic rings. The van der Waals surface area contributed by atoms with Gasteiger partial charge in [0.1, 0.15) is 17.5 Å². The first-order valence-corrected chi connectivity index (χ1v) is 11.6. The number of carbonyl (C=O) groups is 1. The van der Waals surface area contributed by atoms with Gasteiger partial charge in [-0.2, -0.15) is 0 Å². The van der Waals surface area contributed by atoms with E-state index in [4.69, 9.17) is 11.6 Å². The molecular weight excluding hydrogens is 463 g/mol. The molecular formula is C23H17ClF3NO3S. The van der Waals surface area contributed by atoms with Crippen LogP contribution in [0.2, 0.25) is 5.02 Å². The number of ketones is 1. The fourth-order valence-corrected chi connectivity index (χ4v) is 5.42. The monoisotopic (exact) mass is 479 g/mol. The van der Waals surface area contributed by atoms with Gasteiger partial charge >= 0.3 is 0 Å². The lowest BCUT2D eigenvalue weighted by Gasteiger charge is -2.31. The number of sulfonamides is 1. The molecule has 0 radical (unpaired) electrons. The summed E-state index contributed by atoms with van der Waals surface area (Å²) in [6, 6.07) is 11.6. The van der Waals surface area contributed by atoms with Gasteiger partial charge in [0.25, 0.3) is 10.0 Å². The van der Waals surface area contributed by atoms with Crippen molar-refractivity contribution in [1.82, 2.24) is 0 Å². The van der Waals surface area contributed by atoms with E-state index in [1.807, 2.05) is 0 Å². The minimum atomic E-state index is -3.88. The van der Waals surface area contributed by atoms with Crippen LogP contribution in [0.5, 0.6) is 0 Å². The maximum atomic E-state index is 14.0. The van der Waals surface area contributed by atoms with Gasteiger partial charge in [-0.1, -0.05) is 23.7 Å². The first kappa shape index (κ1) is 22.4. The number of carbonyl (C=O) groups excluding carboxylic acids is 1. The van der Waals surface area contributed by atoms with E-state index in [0.717, 1.165) is 5.56 Å². The molecule has 3 aromatic carbocycles. The summed E-state index contributed by atoms with van der Waals surface area (Å²) >= 11 is 5.86. The lowest BCUT2D eigenvalue weighted by atomic mass is 9.97. The number of nitrogens with zero attached hydrogens (tertiary/aromatic N) is 1. The summed E-state index contributed by atoms with van der Waals surface area (Å²) in [6.45, 7) is 0.247. The van der Waals surface area contributed by atoms with Crippen molar-refractivity contribution in [3.05, 3.63) is 93.8 Å². The standard InChI is InChI=1S/C23H17ClF3NO3S/c24-16-5-7-18(8-6-16)32(30,31)28-9-1-2-15-4-3-14(10-21(15)28)11-22(29)23-19(26)12-17(25)13-20(23)27/h3-8,10,12-13H,1-2,9,11H2. The highest BCUT2D eigenvalue weighted by Crippen LogP contribution is 2.33. The molecule has 0 amide bonds. The molecule has 0 spiro atoms. The Balaban J connectivity index is 1.68. The third kappa shape index (κ3) is 4.25. The van der Waals surface area contributed by atoms with Crippen LogP contribution < -0.4 is 4.31 Å². The fraction of sp³-hybridized carbons (Fsp3) is 0.174. The fourth-order valence-electron chi connectivity index (χ4n) is 3.76. The summed E-state index contributed by atoms with van der Waals surface area (Å²) in [4.78, 5) is 12.6. The number of anilines is 1. The van der Waals surface area contributed by atoms with Crippen molar-refractivity contribution >= 4 is 33.1 Å². The molecule has 4 rings (SSSR count). The molecule has 0 N–H and O–H groups in total. The normalized spacial score (nSPS) is 13.7. The second-order valence-corrected chi connectivity index (χ2v) is 9.74. The maximum absolute atomic E-state index is 14.0. The minimum absolute atomic E-state index is 0.0756. The van der Waals surface area contributed by atoms with Gasteiger partial charge in [-0.05, 0) is 54.3 Å². The first-order chi connectivity index (χ1) is 15.2. The number of benzene rings is 3. The van der Waals surface area contributed by atoms with Crippen molar-refractivity contribution < 1.29 is 26.4 Å². The Morgan fingerprint density at radius 3 is 2.28 bits per heavy atom. The molecule has 0 saturated carbocycles. The van der Waals surface area contributed by atoms with Crippen molar-refractivity contribution in [3.8, 4) is 0 Å². The number of aryl methyl sites for hydroxylation is 1. The van der Waals surface area contributed by atoms with Gasteiger partial charge in [0, 0.05) is 30.1 Å². The van der Waals surface area contributed by atoms with Crippen LogP contribution in [0.1, 0.15) is 27.9 Å². The topological polar surface area (TPSA) is 54.5 Å². The summed E-state index contributed by atoms with van der Waals surface area (Å²) in [5, 5.41) is 0.407. The number of rotatable bonds is 5. The van der Waals surface area contributed by atoms with Gasteiger partial charge in [0.05, 0.1) is 16.1 Å². The van der Waals surface area contributed by atoms with Gasteiger partial charge in [0.2, 0.25) is 0 Å². The molecule has 32 heavy (non-hydrogen) atoms. The Labute approximate surface area is 188 Å². The molecule has 0 saturated heterocycles. The average molecular weight is 480 g/mol. The van der Waals surface area contributed by atoms with Crippen LogP contribution in [-0.4, -0.2) is 20.7 Å². The highest BCUT2D eigenvalue weighted by atomic mass is 35.5. The van der Waals surface area contributed by atoms with Crippen molar-refractivity contribution in [2.24, 2.45) is 0 Å². The molecule has 0 aromatic heterocycles. The second kappa shape index (κ2) is 8.60. The van der Waals surface area contributed by atoms with Crippen LogP contribution in [-0.2, 0) is 22.9 Å². The van der Waals surface area contributed by atoms with Crippen LogP contribution in [0.15, 0.2) is 59.5 Å². The Kier molecular flexibility index (Phi) is 6.01. The maximum Gasteiger partial charge on any atom is 0.264 e. The number of halogens is 4. The summed E-state index contributed by atoms with van der Waals surface area (Å²) in [6.07, 6.45) is 0.892. The molecule has 0 unspecified atom stereocenters. The first-order valence-electron chi connectivity index (χ1n) is 9.74. The minimum Gasteiger partial charge on any atom is -0.294 e. The third-order valence-corrected chi connectivity index (χ3v) is 7.36. The second-order valence-electron chi connectivity index (χ2n) is 7.44. The van der Waals surface area contributed by atoms with Crippen LogP contribution >= 0.6 is 11.6 Å². The predicted molar refractivity (Wildman–Crippen MR) is 115 cm³/mol. The molecule has 1 aliphatic rings. The quantitative estimate of drug-likeness (QED) is 0.465.